The Kier molecular flexibility index (Phi) is 6.66. The van der Waals surface area contributed by atoms with Gasteiger partial charge in [-0.3, -0.25) is 4.79 Å². The molecule has 0 aromatic heterocycles. The Hall–Kier alpha value is -0.650. The molecule has 0 spiro atoms. The van der Waals surface area contributed by atoms with Crippen LogP contribution in [0.4, 0.5) is 0 Å². The van der Waals surface area contributed by atoms with Crippen LogP contribution in [0, 0.1) is 5.92 Å². The van der Waals surface area contributed by atoms with Gasteiger partial charge in [-0.05, 0) is 25.7 Å². The number of methoxy groups -OCH3 is 1. The van der Waals surface area contributed by atoms with E-state index in [9.17, 15) is 9.90 Å². The summed E-state index contributed by atoms with van der Waals surface area (Å²) in [7, 11) is 1.62. The van der Waals surface area contributed by atoms with Crippen molar-refractivity contribution in [1.82, 2.24) is 10.2 Å². The predicted molar refractivity (Wildman–Crippen MR) is 86.7 cm³/mol. The van der Waals surface area contributed by atoms with Gasteiger partial charge in [-0.2, -0.15) is 0 Å². The zero-order chi connectivity index (χ0) is 16.0. The minimum absolute atomic E-state index is 0.0891. The minimum Gasteiger partial charge on any atom is -0.389 e. The van der Waals surface area contributed by atoms with Gasteiger partial charge in [0.05, 0.1) is 18.1 Å². The fourth-order valence-electron chi connectivity index (χ4n) is 3.69. The molecule has 1 aliphatic carbocycles. The summed E-state index contributed by atoms with van der Waals surface area (Å²) in [6.45, 7) is 5.09. The molecule has 1 saturated heterocycles. The Labute approximate surface area is 134 Å². The molecule has 0 bridgehead atoms. The maximum Gasteiger partial charge on any atom is 0.225 e. The molecule has 0 aromatic carbocycles. The van der Waals surface area contributed by atoms with E-state index in [1.807, 2.05) is 6.92 Å². The van der Waals surface area contributed by atoms with Crippen LogP contribution in [0.2, 0.25) is 0 Å². The highest BCUT2D eigenvalue weighted by atomic mass is 16.5. The SMILES string of the molecule is COCC(C)C(=O)NC1CCN(CC2(O)CCCCC2)CC1. The van der Waals surface area contributed by atoms with Gasteiger partial charge in [-0.1, -0.05) is 26.2 Å². The number of ether oxygens (including phenoxy) is 1. The van der Waals surface area contributed by atoms with Crippen molar-refractivity contribution in [3.05, 3.63) is 0 Å². The zero-order valence-electron chi connectivity index (χ0n) is 14.1. The van der Waals surface area contributed by atoms with Crippen LogP contribution in [0.15, 0.2) is 0 Å². The summed E-state index contributed by atoms with van der Waals surface area (Å²) in [4.78, 5) is 14.4. The fraction of sp³-hybridized carbons (Fsp3) is 0.941. The van der Waals surface area contributed by atoms with Crippen LogP contribution >= 0.6 is 0 Å². The minimum atomic E-state index is -0.471. The Bertz CT molecular complexity index is 348. The maximum atomic E-state index is 12.0. The topological polar surface area (TPSA) is 61.8 Å². The van der Waals surface area contributed by atoms with Crippen LogP contribution in [-0.4, -0.2) is 60.9 Å². The lowest BCUT2D eigenvalue weighted by Gasteiger charge is -2.40. The summed E-state index contributed by atoms with van der Waals surface area (Å²) in [6.07, 6.45) is 7.40. The molecule has 1 aliphatic heterocycles. The summed E-state index contributed by atoms with van der Waals surface area (Å²) < 4.78 is 5.03. The van der Waals surface area contributed by atoms with E-state index in [1.165, 1.54) is 6.42 Å². The van der Waals surface area contributed by atoms with E-state index in [1.54, 1.807) is 7.11 Å². The lowest BCUT2D eigenvalue weighted by Crippen LogP contribution is -2.51. The van der Waals surface area contributed by atoms with Crippen molar-refractivity contribution < 1.29 is 14.6 Å². The van der Waals surface area contributed by atoms with Gasteiger partial charge in [0.1, 0.15) is 0 Å². The second kappa shape index (κ2) is 8.27. The molecule has 5 heteroatoms. The number of amides is 1. The van der Waals surface area contributed by atoms with Gasteiger partial charge in [0.15, 0.2) is 0 Å². The molecule has 1 unspecified atom stereocenters. The summed E-state index contributed by atoms with van der Waals surface area (Å²) in [5, 5.41) is 13.8. The Morgan fingerprint density at radius 1 is 1.32 bits per heavy atom. The first kappa shape index (κ1) is 17.7. The highest BCUT2D eigenvalue weighted by Crippen LogP contribution is 2.29. The average molecular weight is 312 g/mol. The van der Waals surface area contributed by atoms with Gasteiger partial charge < -0.3 is 20.1 Å². The van der Waals surface area contributed by atoms with Crippen molar-refractivity contribution in [1.29, 1.82) is 0 Å². The largest absolute Gasteiger partial charge is 0.389 e. The van der Waals surface area contributed by atoms with Gasteiger partial charge in [0.2, 0.25) is 5.91 Å². The van der Waals surface area contributed by atoms with Gasteiger partial charge in [-0.25, -0.2) is 0 Å². The molecule has 1 amide bonds. The second-order valence-electron chi connectivity index (χ2n) is 7.20. The van der Waals surface area contributed by atoms with Gasteiger partial charge in [0, 0.05) is 32.8 Å². The second-order valence-corrected chi connectivity index (χ2v) is 7.20. The van der Waals surface area contributed by atoms with Crippen molar-refractivity contribution in [2.45, 2.75) is 63.5 Å². The lowest BCUT2D eigenvalue weighted by molar-refractivity contribution is -0.127. The summed E-state index contributed by atoms with van der Waals surface area (Å²) in [6, 6.07) is 0.268. The molecule has 5 nitrogen and oxygen atoms in total. The summed E-state index contributed by atoms with van der Waals surface area (Å²) in [5.41, 5.74) is -0.471. The smallest absolute Gasteiger partial charge is 0.225 e. The van der Waals surface area contributed by atoms with Crippen LogP contribution in [0.5, 0.6) is 0 Å². The molecule has 2 fully saturated rings. The van der Waals surface area contributed by atoms with Crippen molar-refractivity contribution in [3.63, 3.8) is 0 Å². The Morgan fingerprint density at radius 2 is 1.95 bits per heavy atom. The number of likely N-dealkylation sites (tertiary alicyclic amines) is 1. The number of rotatable bonds is 6. The number of nitrogens with one attached hydrogen (secondary N) is 1. The highest BCUT2D eigenvalue weighted by Gasteiger charge is 2.33. The molecular formula is C17H32N2O3. The maximum absolute atomic E-state index is 12.0. The van der Waals surface area contributed by atoms with Crippen LogP contribution in [0.3, 0.4) is 0 Å². The van der Waals surface area contributed by atoms with Crippen molar-refractivity contribution >= 4 is 5.91 Å². The van der Waals surface area contributed by atoms with Crippen LogP contribution in [-0.2, 0) is 9.53 Å². The molecule has 22 heavy (non-hydrogen) atoms. The first-order valence-corrected chi connectivity index (χ1v) is 8.76. The van der Waals surface area contributed by atoms with E-state index in [2.05, 4.69) is 10.2 Å². The normalized spacial score (nSPS) is 24.9. The molecular weight excluding hydrogens is 280 g/mol. The number of β-amino-alcohol motifs (C(OH)–C–C–N with tert-alkyl or cyclic N) is 1. The van der Waals surface area contributed by atoms with Gasteiger partial charge in [0.25, 0.3) is 0 Å². The predicted octanol–water partition coefficient (Wildman–Crippen LogP) is 1.54. The third-order valence-corrected chi connectivity index (χ3v) is 5.10. The van der Waals surface area contributed by atoms with E-state index in [0.29, 0.717) is 6.61 Å². The quantitative estimate of drug-likeness (QED) is 0.781. The van der Waals surface area contributed by atoms with E-state index < -0.39 is 5.60 Å². The van der Waals surface area contributed by atoms with E-state index in [0.717, 1.165) is 58.2 Å². The van der Waals surface area contributed by atoms with Crippen LogP contribution < -0.4 is 5.32 Å². The average Bonchev–Trinajstić information content (AvgIpc) is 2.50. The van der Waals surface area contributed by atoms with E-state index in [-0.39, 0.29) is 17.9 Å². The first-order valence-electron chi connectivity index (χ1n) is 8.76. The molecule has 2 N–H and O–H groups in total. The molecule has 0 radical (unpaired) electrons. The van der Waals surface area contributed by atoms with Crippen LogP contribution in [0.25, 0.3) is 0 Å². The third-order valence-electron chi connectivity index (χ3n) is 5.10. The summed E-state index contributed by atoms with van der Waals surface area (Å²) >= 11 is 0. The summed E-state index contributed by atoms with van der Waals surface area (Å²) in [5.74, 6) is -0.00260. The van der Waals surface area contributed by atoms with Crippen molar-refractivity contribution in [2.24, 2.45) is 5.92 Å². The number of hydrogen-bond donors (Lipinski definition) is 2. The third kappa shape index (κ3) is 5.21. The zero-order valence-corrected chi connectivity index (χ0v) is 14.1. The molecule has 1 atom stereocenters. The molecule has 0 aromatic rings. The van der Waals surface area contributed by atoms with Gasteiger partial charge in [-0.15, -0.1) is 0 Å². The standard InChI is InChI=1S/C17H32N2O3/c1-14(12-22-2)16(20)18-15-6-10-19(11-7-15)13-17(21)8-4-3-5-9-17/h14-15,21H,3-13H2,1-2H3,(H,18,20). The number of carbonyl (C=O) groups is 1. The number of carbonyl (C=O) groups excluding carboxylic acids is 1. The van der Waals surface area contributed by atoms with Gasteiger partial charge >= 0.3 is 0 Å². The molecule has 2 rings (SSSR count). The number of nitrogens with zero attached hydrogens (tertiary/aromatic N) is 1. The first-order chi connectivity index (χ1) is 10.5. The fourth-order valence-corrected chi connectivity index (χ4v) is 3.69. The monoisotopic (exact) mass is 312 g/mol. The van der Waals surface area contributed by atoms with Crippen molar-refractivity contribution in [3.8, 4) is 0 Å². The Morgan fingerprint density at radius 3 is 2.55 bits per heavy atom. The molecule has 1 heterocycles. The number of hydrogen-bond acceptors (Lipinski definition) is 4. The van der Waals surface area contributed by atoms with E-state index >= 15 is 0 Å². The number of aliphatic hydroxyl groups is 1. The van der Waals surface area contributed by atoms with Crippen molar-refractivity contribution in [2.75, 3.05) is 33.4 Å². The number of piperidine rings is 1. The Balaban J connectivity index is 1.70. The molecule has 2 aliphatic rings. The molecule has 128 valence electrons. The van der Waals surface area contributed by atoms with Crippen LogP contribution in [0.1, 0.15) is 51.9 Å². The molecule has 1 saturated carbocycles. The van der Waals surface area contributed by atoms with E-state index in [4.69, 9.17) is 4.74 Å². The lowest BCUT2D eigenvalue weighted by atomic mass is 9.84. The highest BCUT2D eigenvalue weighted by molar-refractivity contribution is 5.78.